The lowest BCUT2D eigenvalue weighted by atomic mass is 9.83. The molecule has 0 spiro atoms. The summed E-state index contributed by atoms with van der Waals surface area (Å²) >= 11 is 5.73. The molecule has 0 saturated carbocycles. The molecule has 2 aromatic rings. The third-order valence-electron chi connectivity index (χ3n) is 6.43. The van der Waals surface area contributed by atoms with E-state index < -0.39 is 17.3 Å². The Hall–Kier alpha value is -1.76. The van der Waals surface area contributed by atoms with Gasteiger partial charge in [-0.1, -0.05) is 23.7 Å². The van der Waals surface area contributed by atoms with Crippen LogP contribution in [-0.2, 0) is 11.8 Å². The van der Waals surface area contributed by atoms with Gasteiger partial charge >= 0.3 is 6.18 Å². The average molecular weight is 442 g/mol. The van der Waals surface area contributed by atoms with Crippen LogP contribution < -0.4 is 4.74 Å². The molecule has 3 nitrogen and oxygen atoms in total. The molecule has 2 aromatic carbocycles. The van der Waals surface area contributed by atoms with Crippen molar-refractivity contribution < 1.29 is 23.0 Å². The molecule has 30 heavy (non-hydrogen) atoms. The Bertz CT molecular complexity index is 921. The van der Waals surface area contributed by atoms with Crippen molar-refractivity contribution in [2.24, 2.45) is 0 Å². The number of ether oxygens (including phenoxy) is 1. The first kappa shape index (κ1) is 22.9. The monoisotopic (exact) mass is 441 g/mol. The van der Waals surface area contributed by atoms with Crippen LogP contribution in [0.3, 0.4) is 0 Å². The lowest BCUT2D eigenvalue weighted by molar-refractivity contribution is -0.137. The zero-order valence-electron chi connectivity index (χ0n) is 17.6. The molecular formula is C23H27ClF3NO2. The normalized spacial score (nSPS) is 18.3. The van der Waals surface area contributed by atoms with Crippen LogP contribution >= 0.6 is 11.6 Å². The van der Waals surface area contributed by atoms with Crippen molar-refractivity contribution in [3.63, 3.8) is 0 Å². The number of alkyl halides is 3. The van der Waals surface area contributed by atoms with E-state index in [1.807, 2.05) is 13.0 Å². The second-order valence-corrected chi connectivity index (χ2v) is 8.45. The number of nitrogens with zero attached hydrogens (tertiary/aromatic N) is 1. The van der Waals surface area contributed by atoms with E-state index in [9.17, 15) is 18.3 Å². The third-order valence-corrected chi connectivity index (χ3v) is 6.76. The minimum atomic E-state index is -4.55. The third kappa shape index (κ3) is 4.32. The number of likely N-dealkylation sites (tertiary alicyclic amines) is 1. The second kappa shape index (κ2) is 8.40. The number of aliphatic hydroxyl groups is 1. The Balaban J connectivity index is 1.78. The van der Waals surface area contributed by atoms with E-state index in [-0.39, 0.29) is 16.6 Å². The van der Waals surface area contributed by atoms with Gasteiger partial charge in [-0.25, -0.2) is 0 Å². The number of piperidine rings is 1. The highest BCUT2D eigenvalue weighted by Gasteiger charge is 2.39. The Morgan fingerprint density at radius 1 is 1.10 bits per heavy atom. The number of halogens is 4. The van der Waals surface area contributed by atoms with Crippen LogP contribution in [-0.4, -0.2) is 30.2 Å². The smallest absolute Gasteiger partial charge is 0.417 e. The van der Waals surface area contributed by atoms with Crippen LogP contribution in [0.5, 0.6) is 5.75 Å². The molecule has 1 heterocycles. The average Bonchev–Trinajstić information content (AvgIpc) is 2.69. The predicted octanol–water partition coefficient (Wildman–Crippen LogP) is 6.03. The van der Waals surface area contributed by atoms with Gasteiger partial charge in [0.2, 0.25) is 0 Å². The second-order valence-electron chi connectivity index (χ2n) is 8.04. The summed E-state index contributed by atoms with van der Waals surface area (Å²) in [7, 11) is 1.65. The molecule has 0 bridgehead atoms. The van der Waals surface area contributed by atoms with Gasteiger partial charge in [0.25, 0.3) is 0 Å². The maximum atomic E-state index is 13.2. The fraction of sp³-hybridized carbons (Fsp3) is 0.478. The first-order valence-electron chi connectivity index (χ1n) is 9.95. The Labute approximate surface area is 180 Å². The van der Waals surface area contributed by atoms with Crippen molar-refractivity contribution in [1.82, 2.24) is 4.90 Å². The van der Waals surface area contributed by atoms with Crippen LogP contribution in [0.4, 0.5) is 13.2 Å². The molecule has 1 atom stereocenters. The summed E-state index contributed by atoms with van der Waals surface area (Å²) in [5, 5.41) is 10.8. The Morgan fingerprint density at radius 3 is 2.30 bits per heavy atom. The summed E-state index contributed by atoms with van der Waals surface area (Å²) < 4.78 is 45.0. The van der Waals surface area contributed by atoms with E-state index in [0.717, 1.165) is 22.9 Å². The van der Waals surface area contributed by atoms with Crippen LogP contribution in [0.1, 0.15) is 53.6 Å². The molecule has 0 aliphatic carbocycles. The SMILES string of the molecule is COc1ccc(C(C)N2CCC(O)(c3ccc(Cl)c(C(F)(F)F)c3)CC2)c(C)c1C. The maximum Gasteiger partial charge on any atom is 0.417 e. The largest absolute Gasteiger partial charge is 0.496 e. The molecule has 3 rings (SSSR count). The fourth-order valence-corrected chi connectivity index (χ4v) is 4.51. The number of rotatable bonds is 4. The lowest BCUT2D eigenvalue weighted by Gasteiger charge is -2.41. The van der Waals surface area contributed by atoms with Gasteiger partial charge in [0.05, 0.1) is 23.3 Å². The summed E-state index contributed by atoms with van der Waals surface area (Å²) in [4.78, 5) is 2.25. The standard InChI is InChI=1S/C23H27ClF3NO2/c1-14-15(2)21(30-4)8-6-18(14)16(3)28-11-9-22(29,10-12-28)17-5-7-20(24)19(13-17)23(25,26)27/h5-8,13,16,29H,9-12H2,1-4H3. The molecule has 1 aliphatic rings. The molecule has 1 saturated heterocycles. The summed E-state index contributed by atoms with van der Waals surface area (Å²) in [5.74, 6) is 0.847. The zero-order chi connectivity index (χ0) is 22.3. The van der Waals surface area contributed by atoms with E-state index >= 15 is 0 Å². The van der Waals surface area contributed by atoms with Crippen molar-refractivity contribution in [3.8, 4) is 5.75 Å². The topological polar surface area (TPSA) is 32.7 Å². The highest BCUT2D eigenvalue weighted by atomic mass is 35.5. The van der Waals surface area contributed by atoms with Gasteiger partial charge in [0.1, 0.15) is 5.75 Å². The fourth-order valence-electron chi connectivity index (χ4n) is 4.29. The number of benzene rings is 2. The van der Waals surface area contributed by atoms with E-state index in [2.05, 4.69) is 24.8 Å². The molecule has 0 aromatic heterocycles. The number of hydrogen-bond acceptors (Lipinski definition) is 3. The molecule has 1 aliphatic heterocycles. The first-order valence-corrected chi connectivity index (χ1v) is 10.3. The summed E-state index contributed by atoms with van der Waals surface area (Å²) in [6.45, 7) is 7.36. The summed E-state index contributed by atoms with van der Waals surface area (Å²) in [6.07, 6.45) is -3.85. The van der Waals surface area contributed by atoms with Crippen LogP contribution in [0.15, 0.2) is 30.3 Å². The van der Waals surface area contributed by atoms with Gasteiger partial charge in [-0.2, -0.15) is 13.2 Å². The van der Waals surface area contributed by atoms with Crippen LogP contribution in [0.25, 0.3) is 0 Å². The van der Waals surface area contributed by atoms with Gasteiger partial charge in [-0.15, -0.1) is 0 Å². The molecule has 1 N–H and O–H groups in total. The minimum Gasteiger partial charge on any atom is -0.496 e. The van der Waals surface area contributed by atoms with Crippen LogP contribution in [0.2, 0.25) is 5.02 Å². The summed E-state index contributed by atoms with van der Waals surface area (Å²) in [6, 6.07) is 7.83. The Kier molecular flexibility index (Phi) is 6.42. The van der Waals surface area contributed by atoms with Crippen molar-refractivity contribution in [2.75, 3.05) is 20.2 Å². The summed E-state index contributed by atoms with van der Waals surface area (Å²) in [5.41, 5.74) is 1.50. The zero-order valence-corrected chi connectivity index (χ0v) is 18.4. The van der Waals surface area contributed by atoms with Gasteiger partial charge in [0.15, 0.2) is 0 Å². The molecule has 1 fully saturated rings. The lowest BCUT2D eigenvalue weighted by Crippen LogP contribution is -2.43. The van der Waals surface area contributed by atoms with Crippen molar-refractivity contribution >= 4 is 11.6 Å². The van der Waals surface area contributed by atoms with E-state index in [4.69, 9.17) is 16.3 Å². The van der Waals surface area contributed by atoms with E-state index in [1.54, 1.807) is 7.11 Å². The number of methoxy groups -OCH3 is 1. The quantitative estimate of drug-likeness (QED) is 0.628. The minimum absolute atomic E-state index is 0.120. The maximum absolute atomic E-state index is 13.2. The van der Waals surface area contributed by atoms with Crippen LogP contribution in [0, 0.1) is 13.8 Å². The molecule has 0 radical (unpaired) electrons. The first-order chi connectivity index (χ1) is 14.0. The van der Waals surface area contributed by atoms with Crippen molar-refractivity contribution in [2.45, 2.75) is 51.4 Å². The molecule has 1 unspecified atom stereocenters. The molecule has 7 heteroatoms. The Morgan fingerprint density at radius 2 is 1.73 bits per heavy atom. The van der Waals surface area contributed by atoms with Crippen molar-refractivity contribution in [3.05, 3.63) is 63.2 Å². The van der Waals surface area contributed by atoms with E-state index in [0.29, 0.717) is 25.9 Å². The highest BCUT2D eigenvalue weighted by Crippen LogP contribution is 2.41. The molecular weight excluding hydrogens is 415 g/mol. The van der Waals surface area contributed by atoms with Gasteiger partial charge in [0, 0.05) is 19.1 Å². The van der Waals surface area contributed by atoms with E-state index in [1.165, 1.54) is 17.7 Å². The predicted molar refractivity (Wildman–Crippen MR) is 112 cm³/mol. The van der Waals surface area contributed by atoms with Gasteiger partial charge in [-0.05, 0) is 74.1 Å². The molecule has 0 amide bonds. The van der Waals surface area contributed by atoms with Crippen molar-refractivity contribution in [1.29, 1.82) is 0 Å². The highest BCUT2D eigenvalue weighted by molar-refractivity contribution is 6.31. The van der Waals surface area contributed by atoms with Gasteiger partial charge < -0.3 is 9.84 Å². The van der Waals surface area contributed by atoms with Gasteiger partial charge in [-0.3, -0.25) is 4.90 Å². The molecule has 164 valence electrons. The number of hydrogen-bond donors (Lipinski definition) is 1.